The molecule has 5 heterocycles. The first-order chi connectivity index (χ1) is 19.9. The molecule has 0 aromatic carbocycles. The molecule has 2 saturated heterocycles. The maximum Gasteiger partial charge on any atom is 0.352 e. The molecular weight excluding hydrogens is 527 g/mol. The number of ether oxygens (including phenoxy) is 2. The van der Waals surface area contributed by atoms with E-state index in [1.807, 2.05) is 12.1 Å². The highest BCUT2D eigenvalue weighted by Gasteiger charge is 2.57. The van der Waals surface area contributed by atoms with Gasteiger partial charge in [-0.05, 0) is 55.7 Å². The Bertz CT molecular complexity index is 1600. The van der Waals surface area contributed by atoms with Crippen molar-refractivity contribution in [2.75, 3.05) is 31.2 Å². The number of aromatic carboxylic acids is 1. The van der Waals surface area contributed by atoms with Crippen LogP contribution in [0.2, 0.25) is 0 Å². The molecule has 10 nitrogen and oxygen atoms in total. The summed E-state index contributed by atoms with van der Waals surface area (Å²) in [6.45, 7) is 3.23. The number of nitrogens with one attached hydrogen (secondary N) is 1. The third-order valence-electron chi connectivity index (χ3n) is 9.08. The zero-order valence-corrected chi connectivity index (χ0v) is 22.6. The van der Waals surface area contributed by atoms with Crippen molar-refractivity contribution >= 4 is 23.0 Å². The maximum atomic E-state index is 14.3. The fourth-order valence-corrected chi connectivity index (χ4v) is 6.42. The lowest BCUT2D eigenvalue weighted by Gasteiger charge is -2.34. The first kappa shape index (κ1) is 25.8. The van der Waals surface area contributed by atoms with Gasteiger partial charge in [-0.2, -0.15) is 10.2 Å². The molecule has 212 valence electrons. The van der Waals surface area contributed by atoms with Gasteiger partial charge in [-0.25, -0.2) is 14.2 Å². The van der Waals surface area contributed by atoms with Crippen molar-refractivity contribution in [1.29, 1.82) is 5.26 Å². The van der Waals surface area contributed by atoms with Gasteiger partial charge in [0.2, 0.25) is 5.88 Å². The summed E-state index contributed by atoms with van der Waals surface area (Å²) in [5.74, 6) is 0.821. The Morgan fingerprint density at radius 1 is 1.32 bits per heavy atom. The van der Waals surface area contributed by atoms with Crippen LogP contribution in [0, 0.1) is 22.7 Å². The average Bonchev–Trinajstić information content (AvgIpc) is 3.30. The number of aromatic amines is 1. The number of piperidine rings is 1. The number of anilines is 1. The number of nitriles is 1. The van der Waals surface area contributed by atoms with Crippen LogP contribution in [0.3, 0.4) is 0 Å². The van der Waals surface area contributed by atoms with Crippen molar-refractivity contribution in [3.63, 3.8) is 0 Å². The quantitative estimate of drug-likeness (QED) is 0.406. The molecular formula is C30H31FN6O4. The fourth-order valence-electron chi connectivity index (χ4n) is 6.42. The van der Waals surface area contributed by atoms with Gasteiger partial charge >= 0.3 is 5.97 Å². The Morgan fingerprint density at radius 2 is 2.15 bits per heavy atom. The number of halogens is 1. The molecule has 1 saturated carbocycles. The van der Waals surface area contributed by atoms with Gasteiger partial charge in [0.15, 0.2) is 0 Å². The summed E-state index contributed by atoms with van der Waals surface area (Å²) in [5, 5.41) is 18.4. The second-order valence-electron chi connectivity index (χ2n) is 11.5. The molecule has 4 aliphatic rings. The van der Waals surface area contributed by atoms with Crippen LogP contribution in [0.5, 0.6) is 5.88 Å². The smallest absolute Gasteiger partial charge is 0.352 e. The van der Waals surface area contributed by atoms with Crippen molar-refractivity contribution in [3.05, 3.63) is 59.3 Å². The minimum atomic E-state index is -0.988. The molecule has 41 heavy (non-hydrogen) atoms. The van der Waals surface area contributed by atoms with Crippen LogP contribution in [0.1, 0.15) is 54.3 Å². The van der Waals surface area contributed by atoms with E-state index in [4.69, 9.17) is 19.7 Å². The number of pyridine rings is 1. The average molecular weight is 559 g/mol. The van der Waals surface area contributed by atoms with Gasteiger partial charge in [0, 0.05) is 37.3 Å². The fraction of sp³-hybridized carbons (Fsp3) is 0.467. The Hall–Kier alpha value is -4.17. The van der Waals surface area contributed by atoms with E-state index in [1.54, 1.807) is 18.2 Å². The molecule has 0 amide bonds. The van der Waals surface area contributed by atoms with E-state index in [0.29, 0.717) is 35.9 Å². The summed E-state index contributed by atoms with van der Waals surface area (Å²) >= 11 is 0. The molecule has 3 aromatic heterocycles. The van der Waals surface area contributed by atoms with Crippen molar-refractivity contribution < 1.29 is 23.8 Å². The van der Waals surface area contributed by atoms with Crippen molar-refractivity contribution in [2.45, 2.75) is 50.7 Å². The van der Waals surface area contributed by atoms with Crippen LogP contribution in [-0.4, -0.2) is 63.0 Å². The number of imidazole rings is 1. The number of aromatic nitrogens is 4. The van der Waals surface area contributed by atoms with Gasteiger partial charge in [-0.1, -0.05) is 12.1 Å². The van der Waals surface area contributed by atoms with Crippen LogP contribution < -0.4 is 9.64 Å². The van der Waals surface area contributed by atoms with E-state index in [-0.39, 0.29) is 23.8 Å². The molecule has 2 N–H and O–H groups in total. The monoisotopic (exact) mass is 558 g/mol. The molecule has 3 aromatic rings. The molecule has 2 aliphatic heterocycles. The van der Waals surface area contributed by atoms with Gasteiger partial charge in [-0.15, -0.1) is 0 Å². The van der Waals surface area contributed by atoms with Gasteiger partial charge in [0.25, 0.3) is 0 Å². The first-order valence-electron chi connectivity index (χ1n) is 14.2. The molecule has 11 heteroatoms. The summed E-state index contributed by atoms with van der Waals surface area (Å²) in [7, 11) is 0. The standard InChI is InChI=1S/C30H31FN6O4/c31-22-12-18(15-32)4-5-19(22)17-41-26-3-1-2-25(35-26)36-9-7-30(8-10-36)14-21(30)27-33-23-13-24(29(38)39)34-28(23)37(27)16-20-6-11-40-20/h1-3,5,12-13,18,20-21,34H,4,6-11,14,16-17H2,(H,38,39). The van der Waals surface area contributed by atoms with Crippen molar-refractivity contribution in [3.8, 4) is 11.9 Å². The Labute approximate surface area is 236 Å². The minimum absolute atomic E-state index is 0.0717. The third-order valence-corrected chi connectivity index (χ3v) is 9.08. The molecule has 3 atom stereocenters. The summed E-state index contributed by atoms with van der Waals surface area (Å²) < 4.78 is 28.0. The van der Waals surface area contributed by atoms with Crippen LogP contribution in [0.15, 0.2) is 47.8 Å². The number of carboxylic acids is 1. The lowest BCUT2D eigenvalue weighted by atomic mass is 9.90. The Kier molecular flexibility index (Phi) is 6.31. The predicted molar refractivity (Wildman–Crippen MR) is 147 cm³/mol. The van der Waals surface area contributed by atoms with E-state index in [2.05, 4.69) is 25.5 Å². The number of hydrogen-bond donors (Lipinski definition) is 2. The maximum absolute atomic E-state index is 14.3. The number of allylic oxidation sites excluding steroid dienone is 2. The highest BCUT2D eigenvalue weighted by atomic mass is 19.1. The summed E-state index contributed by atoms with van der Waals surface area (Å²) in [5.41, 5.74) is 2.24. The lowest BCUT2D eigenvalue weighted by Crippen LogP contribution is -2.36. The SMILES string of the molecule is N#CC1C=C(F)C(COc2cccc(N3CCC4(CC3)CC4c3nc4cc(C(=O)O)[nH]c4n3CC3CCO3)n2)=CC1. The minimum Gasteiger partial charge on any atom is -0.477 e. The number of H-pyrrole nitrogens is 1. The van der Waals surface area contributed by atoms with E-state index < -0.39 is 17.7 Å². The number of rotatable bonds is 8. The van der Waals surface area contributed by atoms with Gasteiger partial charge < -0.3 is 29.0 Å². The Balaban J connectivity index is 1.01. The summed E-state index contributed by atoms with van der Waals surface area (Å²) in [6, 6.07) is 9.34. The number of nitrogens with zero attached hydrogens (tertiary/aromatic N) is 5. The largest absolute Gasteiger partial charge is 0.477 e. The van der Waals surface area contributed by atoms with Crippen LogP contribution in [-0.2, 0) is 11.3 Å². The number of hydrogen-bond acceptors (Lipinski definition) is 7. The normalized spacial score (nSPS) is 24.9. The molecule has 3 fully saturated rings. The topological polar surface area (TPSA) is 129 Å². The van der Waals surface area contributed by atoms with Gasteiger partial charge in [0.05, 0.1) is 24.6 Å². The third kappa shape index (κ3) is 4.76. The highest BCUT2D eigenvalue weighted by Crippen LogP contribution is 2.65. The van der Waals surface area contributed by atoms with E-state index in [9.17, 15) is 14.3 Å². The first-order valence-corrected chi connectivity index (χ1v) is 14.2. The highest BCUT2D eigenvalue weighted by molar-refractivity contribution is 5.91. The zero-order chi connectivity index (χ0) is 28.1. The van der Waals surface area contributed by atoms with E-state index in [0.717, 1.165) is 62.7 Å². The molecule has 3 unspecified atom stereocenters. The number of carboxylic acid groups (broad SMARTS) is 1. The summed E-state index contributed by atoms with van der Waals surface area (Å²) in [6.07, 6.45) is 7.77. The van der Waals surface area contributed by atoms with Crippen molar-refractivity contribution in [2.24, 2.45) is 11.3 Å². The van der Waals surface area contributed by atoms with E-state index in [1.165, 1.54) is 6.08 Å². The summed E-state index contributed by atoms with van der Waals surface area (Å²) in [4.78, 5) is 26.5. The molecule has 1 spiro atoms. The van der Waals surface area contributed by atoms with E-state index >= 15 is 0 Å². The Morgan fingerprint density at radius 3 is 2.85 bits per heavy atom. The number of fused-ring (bicyclic) bond motifs is 1. The van der Waals surface area contributed by atoms with Crippen LogP contribution in [0.25, 0.3) is 11.2 Å². The number of carbonyl (C=O) groups is 1. The second-order valence-corrected chi connectivity index (χ2v) is 11.5. The predicted octanol–water partition coefficient (Wildman–Crippen LogP) is 4.72. The van der Waals surface area contributed by atoms with Crippen molar-refractivity contribution in [1.82, 2.24) is 19.5 Å². The van der Waals surface area contributed by atoms with Gasteiger partial charge in [-0.3, -0.25) is 0 Å². The molecule has 7 rings (SSSR count). The molecule has 2 aliphatic carbocycles. The van der Waals surface area contributed by atoms with Crippen LogP contribution >= 0.6 is 0 Å². The molecule has 0 bridgehead atoms. The second kappa shape index (κ2) is 10.0. The van der Waals surface area contributed by atoms with Crippen LogP contribution in [0.4, 0.5) is 10.2 Å². The lowest BCUT2D eigenvalue weighted by molar-refractivity contribution is -0.0591. The molecule has 0 radical (unpaired) electrons. The zero-order valence-electron chi connectivity index (χ0n) is 22.6. The van der Waals surface area contributed by atoms with Gasteiger partial charge in [0.1, 0.15) is 40.9 Å².